The van der Waals surface area contributed by atoms with Gasteiger partial charge in [0.15, 0.2) is 5.96 Å². The molecule has 0 radical (unpaired) electrons. The molecule has 1 amide bonds. The van der Waals surface area contributed by atoms with Crippen LogP contribution in [0.4, 0.5) is 0 Å². The van der Waals surface area contributed by atoms with E-state index in [1.165, 1.54) is 0 Å². The van der Waals surface area contributed by atoms with Crippen molar-refractivity contribution < 1.29 is 9.53 Å². The first-order valence-electron chi connectivity index (χ1n) is 9.59. The van der Waals surface area contributed by atoms with Crippen LogP contribution >= 0.6 is 0 Å². The van der Waals surface area contributed by atoms with Crippen molar-refractivity contribution in [2.45, 2.75) is 33.1 Å². The average Bonchev–Trinajstić information content (AvgIpc) is 2.63. The topological polar surface area (TPSA) is 69.2 Å². The van der Waals surface area contributed by atoms with Crippen molar-refractivity contribution in [1.29, 1.82) is 0 Å². The van der Waals surface area contributed by atoms with Gasteiger partial charge in [-0.25, -0.2) is 4.99 Å². The van der Waals surface area contributed by atoms with Crippen LogP contribution < -0.4 is 10.6 Å². The van der Waals surface area contributed by atoms with Gasteiger partial charge in [-0.15, -0.1) is 0 Å². The number of hydrogen-bond acceptors (Lipinski definition) is 4. The Labute approximate surface area is 153 Å². The van der Waals surface area contributed by atoms with E-state index < -0.39 is 0 Å². The van der Waals surface area contributed by atoms with E-state index >= 15 is 0 Å². The molecule has 1 heterocycles. The maximum Gasteiger partial charge on any atom is 0.243 e. The largest absolute Gasteiger partial charge is 0.379 e. The second kappa shape index (κ2) is 12.9. The summed E-state index contributed by atoms with van der Waals surface area (Å²) in [6.45, 7) is 11.1. The van der Waals surface area contributed by atoms with Gasteiger partial charge < -0.3 is 20.3 Å². The molecule has 1 saturated heterocycles. The predicted octanol–water partition coefficient (Wildman–Crippen LogP) is 0.768. The molecule has 0 bridgehead atoms. The molecular weight excluding hydrogens is 318 g/mol. The molecule has 0 aromatic carbocycles. The zero-order valence-corrected chi connectivity index (χ0v) is 16.5. The van der Waals surface area contributed by atoms with E-state index in [0.29, 0.717) is 5.92 Å². The molecule has 7 nitrogen and oxygen atoms in total. The van der Waals surface area contributed by atoms with Gasteiger partial charge in [-0.1, -0.05) is 26.7 Å². The van der Waals surface area contributed by atoms with Crippen molar-refractivity contribution in [2.75, 3.05) is 66.6 Å². The van der Waals surface area contributed by atoms with E-state index in [4.69, 9.17) is 4.74 Å². The average molecular weight is 356 g/mol. The maximum atomic E-state index is 11.8. The number of guanidine groups is 1. The lowest BCUT2D eigenvalue weighted by molar-refractivity contribution is -0.127. The number of carbonyl (C=O) groups is 1. The van der Waals surface area contributed by atoms with Crippen LogP contribution in [-0.4, -0.2) is 88.2 Å². The molecule has 0 atom stereocenters. The Hall–Kier alpha value is -1.34. The number of aliphatic imine (C=N–C) groups is 1. The number of nitrogens with zero attached hydrogens (tertiary/aromatic N) is 3. The van der Waals surface area contributed by atoms with E-state index in [-0.39, 0.29) is 12.5 Å². The predicted molar refractivity (Wildman–Crippen MR) is 103 cm³/mol. The first-order chi connectivity index (χ1) is 12.1. The second-order valence-corrected chi connectivity index (χ2v) is 6.75. The second-order valence-electron chi connectivity index (χ2n) is 6.75. The van der Waals surface area contributed by atoms with E-state index in [1.54, 1.807) is 19.0 Å². The molecule has 7 heteroatoms. The molecule has 1 aliphatic heterocycles. The molecule has 25 heavy (non-hydrogen) atoms. The zero-order valence-electron chi connectivity index (χ0n) is 16.5. The highest BCUT2D eigenvalue weighted by molar-refractivity contribution is 5.84. The van der Waals surface area contributed by atoms with Gasteiger partial charge in [-0.3, -0.25) is 9.69 Å². The van der Waals surface area contributed by atoms with Gasteiger partial charge in [0.05, 0.1) is 13.2 Å². The fourth-order valence-corrected chi connectivity index (χ4v) is 2.61. The summed E-state index contributed by atoms with van der Waals surface area (Å²) in [5.41, 5.74) is 0. The number of morpholine rings is 1. The number of carbonyl (C=O) groups excluding carboxylic acids is 1. The number of likely N-dealkylation sites (N-methyl/N-ethyl adjacent to an activating group) is 1. The Morgan fingerprint density at radius 1 is 1.20 bits per heavy atom. The Morgan fingerprint density at radius 2 is 1.88 bits per heavy atom. The van der Waals surface area contributed by atoms with Gasteiger partial charge in [0.2, 0.25) is 5.91 Å². The molecule has 0 unspecified atom stereocenters. The van der Waals surface area contributed by atoms with Gasteiger partial charge in [0, 0.05) is 40.3 Å². The highest BCUT2D eigenvalue weighted by Gasteiger charge is 2.10. The summed E-state index contributed by atoms with van der Waals surface area (Å²) in [5.74, 6) is 1.38. The Bertz CT molecular complexity index is 391. The molecule has 0 saturated carbocycles. The lowest BCUT2D eigenvalue weighted by Gasteiger charge is -2.26. The number of ether oxygens (including phenoxy) is 1. The van der Waals surface area contributed by atoms with Gasteiger partial charge in [-0.05, 0) is 18.9 Å². The lowest BCUT2D eigenvalue weighted by atomic mass is 10.0. The number of hydrogen-bond donors (Lipinski definition) is 2. The quantitative estimate of drug-likeness (QED) is 0.344. The summed E-state index contributed by atoms with van der Waals surface area (Å²) < 4.78 is 5.37. The standard InChI is InChI=1S/C18H37N5O2/c1-5-16(6-2)14-20-18(21-15-17(24)22(3)4)19-8-7-9-23-10-12-25-13-11-23/h16H,5-15H2,1-4H3,(H2,19,20,21). The summed E-state index contributed by atoms with van der Waals surface area (Å²) >= 11 is 0. The summed E-state index contributed by atoms with van der Waals surface area (Å²) in [6, 6.07) is 0. The molecule has 0 aromatic rings. The van der Waals surface area contributed by atoms with Crippen molar-refractivity contribution >= 4 is 11.9 Å². The van der Waals surface area contributed by atoms with Gasteiger partial charge >= 0.3 is 0 Å². The summed E-state index contributed by atoms with van der Waals surface area (Å²) in [7, 11) is 3.51. The summed E-state index contributed by atoms with van der Waals surface area (Å²) in [6.07, 6.45) is 3.34. The SMILES string of the molecule is CCC(CC)CNC(=NCC(=O)N(C)C)NCCCN1CCOCC1. The summed E-state index contributed by atoms with van der Waals surface area (Å²) in [4.78, 5) is 20.2. The van der Waals surface area contributed by atoms with E-state index in [1.807, 2.05) is 0 Å². The van der Waals surface area contributed by atoms with Gasteiger partial charge in [0.1, 0.15) is 6.54 Å². The minimum absolute atomic E-state index is 0.0111. The minimum atomic E-state index is 0.0111. The third kappa shape index (κ3) is 9.65. The van der Waals surface area contributed by atoms with Gasteiger partial charge in [-0.2, -0.15) is 0 Å². The van der Waals surface area contributed by atoms with Crippen LogP contribution in [0.15, 0.2) is 4.99 Å². The zero-order chi connectivity index (χ0) is 18.5. The molecule has 1 aliphatic rings. The third-order valence-corrected chi connectivity index (χ3v) is 4.63. The molecule has 2 N–H and O–H groups in total. The smallest absolute Gasteiger partial charge is 0.243 e. The van der Waals surface area contributed by atoms with Crippen LogP contribution in [0.25, 0.3) is 0 Å². The number of rotatable bonds is 10. The molecule has 1 rings (SSSR count). The first kappa shape index (κ1) is 21.7. The van der Waals surface area contributed by atoms with Crippen molar-refractivity contribution in [3.63, 3.8) is 0 Å². The van der Waals surface area contributed by atoms with Crippen LogP contribution in [0.5, 0.6) is 0 Å². The van der Waals surface area contributed by atoms with Crippen molar-refractivity contribution in [2.24, 2.45) is 10.9 Å². The first-order valence-corrected chi connectivity index (χ1v) is 9.59. The number of nitrogens with one attached hydrogen (secondary N) is 2. The van der Waals surface area contributed by atoms with Crippen molar-refractivity contribution in [3.05, 3.63) is 0 Å². The Kier molecular flexibility index (Phi) is 11.2. The van der Waals surface area contributed by atoms with Crippen LogP contribution in [0.2, 0.25) is 0 Å². The normalized spacial score (nSPS) is 16.1. The van der Waals surface area contributed by atoms with Crippen molar-refractivity contribution in [1.82, 2.24) is 20.4 Å². The molecular formula is C18H37N5O2. The molecule has 0 spiro atoms. The minimum Gasteiger partial charge on any atom is -0.379 e. The van der Waals surface area contributed by atoms with Crippen LogP contribution in [0.1, 0.15) is 33.1 Å². The fraction of sp³-hybridized carbons (Fsp3) is 0.889. The van der Waals surface area contributed by atoms with Crippen LogP contribution in [0, 0.1) is 5.92 Å². The molecule has 0 aromatic heterocycles. The lowest BCUT2D eigenvalue weighted by Crippen LogP contribution is -2.42. The van der Waals surface area contributed by atoms with E-state index in [0.717, 1.165) is 71.2 Å². The molecule has 1 fully saturated rings. The van der Waals surface area contributed by atoms with Crippen LogP contribution in [-0.2, 0) is 9.53 Å². The highest BCUT2D eigenvalue weighted by atomic mass is 16.5. The summed E-state index contributed by atoms with van der Waals surface area (Å²) in [5, 5.41) is 6.76. The monoisotopic (exact) mass is 355 g/mol. The Morgan fingerprint density at radius 3 is 2.48 bits per heavy atom. The third-order valence-electron chi connectivity index (χ3n) is 4.63. The fourth-order valence-electron chi connectivity index (χ4n) is 2.61. The Balaban J connectivity index is 2.39. The van der Waals surface area contributed by atoms with Crippen molar-refractivity contribution in [3.8, 4) is 0 Å². The molecule has 0 aliphatic carbocycles. The van der Waals surface area contributed by atoms with E-state index in [2.05, 4.69) is 34.4 Å². The molecule has 146 valence electrons. The van der Waals surface area contributed by atoms with Crippen LogP contribution in [0.3, 0.4) is 0 Å². The van der Waals surface area contributed by atoms with Gasteiger partial charge in [0.25, 0.3) is 0 Å². The highest BCUT2D eigenvalue weighted by Crippen LogP contribution is 2.04. The number of amides is 1. The maximum absolute atomic E-state index is 11.8. The van der Waals surface area contributed by atoms with E-state index in [9.17, 15) is 4.79 Å².